The molecule has 1 saturated heterocycles. The first-order valence-corrected chi connectivity index (χ1v) is 8.22. The van der Waals surface area contributed by atoms with Crippen LogP contribution in [-0.2, 0) is 14.3 Å². The second-order valence-electron chi connectivity index (χ2n) is 6.08. The molecule has 23 heavy (non-hydrogen) atoms. The van der Waals surface area contributed by atoms with E-state index in [1.165, 1.54) is 0 Å². The fourth-order valence-electron chi connectivity index (χ4n) is 2.25. The molecule has 0 aliphatic carbocycles. The third-order valence-electron chi connectivity index (χ3n) is 3.77. The first kappa shape index (κ1) is 18.0. The van der Waals surface area contributed by atoms with Crippen LogP contribution in [0.2, 0.25) is 10.0 Å². The fourth-order valence-corrected chi connectivity index (χ4v) is 2.78. The van der Waals surface area contributed by atoms with Crippen molar-refractivity contribution in [1.29, 1.82) is 0 Å². The molecule has 2 rings (SSSR count). The molecular formula is C16H20Cl2N2O3. The van der Waals surface area contributed by atoms with Crippen LogP contribution in [0.4, 0.5) is 5.69 Å². The van der Waals surface area contributed by atoms with E-state index in [1.807, 2.05) is 0 Å². The lowest BCUT2D eigenvalue weighted by Crippen LogP contribution is -2.47. The molecule has 2 N–H and O–H groups in total. The first-order valence-electron chi connectivity index (χ1n) is 7.46. The van der Waals surface area contributed by atoms with E-state index in [-0.39, 0.29) is 12.0 Å². The first-order chi connectivity index (χ1) is 10.8. The zero-order valence-corrected chi connectivity index (χ0v) is 14.6. The van der Waals surface area contributed by atoms with Gasteiger partial charge < -0.3 is 15.4 Å². The van der Waals surface area contributed by atoms with Gasteiger partial charge in [-0.1, -0.05) is 23.2 Å². The highest BCUT2D eigenvalue weighted by atomic mass is 35.5. The fraction of sp³-hybridized carbons (Fsp3) is 0.500. The number of amides is 2. The van der Waals surface area contributed by atoms with Gasteiger partial charge in [0.05, 0.1) is 6.10 Å². The van der Waals surface area contributed by atoms with Crippen molar-refractivity contribution in [3.05, 3.63) is 28.2 Å². The van der Waals surface area contributed by atoms with Gasteiger partial charge in [-0.05, 0) is 44.9 Å². The van der Waals surface area contributed by atoms with Gasteiger partial charge in [-0.25, -0.2) is 0 Å². The monoisotopic (exact) mass is 358 g/mol. The topological polar surface area (TPSA) is 67.4 Å². The van der Waals surface area contributed by atoms with Gasteiger partial charge in [-0.2, -0.15) is 0 Å². The Bertz CT molecular complexity index is 579. The number of carbonyl (C=O) groups excluding carboxylic acids is 2. The molecule has 126 valence electrons. The van der Waals surface area contributed by atoms with Crippen LogP contribution in [0.25, 0.3) is 0 Å². The zero-order valence-electron chi connectivity index (χ0n) is 13.1. The number of ether oxygens (including phenoxy) is 1. The van der Waals surface area contributed by atoms with Crippen LogP contribution >= 0.6 is 23.2 Å². The summed E-state index contributed by atoms with van der Waals surface area (Å²) in [5.74, 6) is -0.778. The molecule has 1 aromatic rings. The van der Waals surface area contributed by atoms with E-state index in [0.29, 0.717) is 22.3 Å². The maximum Gasteiger partial charge on any atom is 0.239 e. The number of rotatable bonds is 5. The van der Waals surface area contributed by atoms with Gasteiger partial charge in [0, 0.05) is 28.9 Å². The molecule has 1 atom stereocenters. The number of nitrogens with one attached hydrogen (secondary N) is 2. The van der Waals surface area contributed by atoms with E-state index in [2.05, 4.69) is 10.6 Å². The predicted octanol–water partition coefficient (Wildman–Crippen LogP) is 3.25. The van der Waals surface area contributed by atoms with Crippen molar-refractivity contribution in [2.75, 3.05) is 18.5 Å². The molecule has 7 heteroatoms. The number of hydrogen-bond acceptors (Lipinski definition) is 3. The summed E-state index contributed by atoms with van der Waals surface area (Å²) >= 11 is 11.8. The van der Waals surface area contributed by atoms with Crippen molar-refractivity contribution < 1.29 is 14.3 Å². The molecule has 1 fully saturated rings. The van der Waals surface area contributed by atoms with Gasteiger partial charge in [-0.3, -0.25) is 9.59 Å². The largest absolute Gasteiger partial charge is 0.376 e. The van der Waals surface area contributed by atoms with Crippen molar-refractivity contribution in [2.24, 2.45) is 5.41 Å². The van der Waals surface area contributed by atoms with Crippen molar-refractivity contribution in [3.63, 3.8) is 0 Å². The lowest BCUT2D eigenvalue weighted by atomic mass is 9.91. The minimum Gasteiger partial charge on any atom is -0.376 e. The highest BCUT2D eigenvalue weighted by Gasteiger charge is 2.36. The highest BCUT2D eigenvalue weighted by Crippen LogP contribution is 2.25. The number of halogens is 2. The maximum absolute atomic E-state index is 12.4. The van der Waals surface area contributed by atoms with Crippen LogP contribution in [0.1, 0.15) is 26.7 Å². The van der Waals surface area contributed by atoms with Crippen LogP contribution in [0.15, 0.2) is 18.2 Å². The van der Waals surface area contributed by atoms with Gasteiger partial charge in [0.15, 0.2) is 0 Å². The molecule has 2 amide bonds. The summed E-state index contributed by atoms with van der Waals surface area (Å²) in [6, 6.07) is 4.72. The average molecular weight is 359 g/mol. The normalized spacial score (nSPS) is 17.8. The zero-order chi connectivity index (χ0) is 17.0. The van der Waals surface area contributed by atoms with E-state index in [1.54, 1.807) is 32.0 Å². The van der Waals surface area contributed by atoms with Crippen molar-refractivity contribution >= 4 is 40.7 Å². The Labute approximate surface area is 145 Å². The Morgan fingerprint density at radius 1 is 1.22 bits per heavy atom. The van der Waals surface area contributed by atoms with E-state index >= 15 is 0 Å². The summed E-state index contributed by atoms with van der Waals surface area (Å²) in [5.41, 5.74) is -0.777. The number of benzene rings is 1. The van der Waals surface area contributed by atoms with Crippen molar-refractivity contribution in [1.82, 2.24) is 5.32 Å². The Morgan fingerprint density at radius 3 is 2.43 bits per heavy atom. The Morgan fingerprint density at radius 2 is 1.87 bits per heavy atom. The summed E-state index contributed by atoms with van der Waals surface area (Å²) in [6.45, 7) is 4.27. The van der Waals surface area contributed by atoms with E-state index < -0.39 is 11.3 Å². The standard InChI is InChI=1S/C16H20Cl2N2O3/c1-16(2,14(21)19-9-13-4-3-5-23-13)15(22)20-12-7-10(17)6-11(18)8-12/h6-8,13H,3-5,9H2,1-2H3,(H,19,21)(H,20,22). The molecule has 0 spiro atoms. The minimum atomic E-state index is -1.23. The molecule has 0 bridgehead atoms. The van der Waals surface area contributed by atoms with Crippen LogP contribution in [0, 0.1) is 5.41 Å². The summed E-state index contributed by atoms with van der Waals surface area (Å²) in [7, 11) is 0. The molecule has 0 saturated carbocycles. The van der Waals surface area contributed by atoms with E-state index in [4.69, 9.17) is 27.9 Å². The lowest BCUT2D eigenvalue weighted by molar-refractivity contribution is -0.138. The van der Waals surface area contributed by atoms with Crippen LogP contribution < -0.4 is 10.6 Å². The van der Waals surface area contributed by atoms with Gasteiger partial charge >= 0.3 is 0 Å². The Kier molecular flexibility index (Phi) is 5.89. The average Bonchev–Trinajstić information content (AvgIpc) is 2.96. The van der Waals surface area contributed by atoms with Gasteiger partial charge in [-0.15, -0.1) is 0 Å². The smallest absolute Gasteiger partial charge is 0.239 e. The summed E-state index contributed by atoms with van der Waals surface area (Å²) < 4.78 is 5.45. The molecule has 0 aromatic heterocycles. The number of carbonyl (C=O) groups is 2. The minimum absolute atomic E-state index is 0.0320. The van der Waals surface area contributed by atoms with Crippen LogP contribution in [0.5, 0.6) is 0 Å². The second kappa shape index (κ2) is 7.51. The molecule has 1 aromatic carbocycles. The second-order valence-corrected chi connectivity index (χ2v) is 6.96. The number of anilines is 1. The molecule has 1 heterocycles. The van der Waals surface area contributed by atoms with E-state index in [9.17, 15) is 9.59 Å². The Balaban J connectivity index is 1.96. The lowest BCUT2D eigenvalue weighted by Gasteiger charge is -2.23. The van der Waals surface area contributed by atoms with Gasteiger partial charge in [0.25, 0.3) is 0 Å². The quantitative estimate of drug-likeness (QED) is 0.793. The van der Waals surface area contributed by atoms with Crippen molar-refractivity contribution in [3.8, 4) is 0 Å². The van der Waals surface area contributed by atoms with Crippen LogP contribution in [-0.4, -0.2) is 31.1 Å². The highest BCUT2D eigenvalue weighted by molar-refractivity contribution is 6.35. The molecule has 0 radical (unpaired) electrons. The SMILES string of the molecule is CC(C)(C(=O)NCC1CCCO1)C(=O)Nc1cc(Cl)cc(Cl)c1. The van der Waals surface area contributed by atoms with Gasteiger partial charge in [0.1, 0.15) is 5.41 Å². The molecule has 1 aliphatic heterocycles. The Hall–Kier alpha value is -1.30. The molecule has 1 aliphatic rings. The van der Waals surface area contributed by atoms with Gasteiger partial charge in [0.2, 0.25) is 11.8 Å². The summed E-state index contributed by atoms with van der Waals surface area (Å²) in [5, 5.41) is 6.27. The predicted molar refractivity (Wildman–Crippen MR) is 90.9 cm³/mol. The van der Waals surface area contributed by atoms with Crippen molar-refractivity contribution in [2.45, 2.75) is 32.8 Å². The third kappa shape index (κ3) is 4.83. The molecule has 1 unspecified atom stereocenters. The molecule has 5 nitrogen and oxygen atoms in total. The van der Waals surface area contributed by atoms with E-state index in [0.717, 1.165) is 19.4 Å². The summed E-state index contributed by atoms with van der Waals surface area (Å²) in [6.07, 6.45) is 1.96. The third-order valence-corrected chi connectivity index (χ3v) is 4.21. The van der Waals surface area contributed by atoms with Crippen LogP contribution in [0.3, 0.4) is 0 Å². The summed E-state index contributed by atoms with van der Waals surface area (Å²) in [4.78, 5) is 24.7. The number of hydrogen-bond donors (Lipinski definition) is 2. The molecular weight excluding hydrogens is 339 g/mol. The maximum atomic E-state index is 12.4.